The first-order valence-corrected chi connectivity index (χ1v) is 9.47. The lowest BCUT2D eigenvalue weighted by molar-refractivity contribution is -0.147. The number of amides is 1. The van der Waals surface area contributed by atoms with Gasteiger partial charge in [-0.3, -0.25) is 9.59 Å². The highest BCUT2D eigenvalue weighted by Gasteiger charge is 2.36. The van der Waals surface area contributed by atoms with Crippen LogP contribution in [0.3, 0.4) is 0 Å². The Morgan fingerprint density at radius 2 is 1.88 bits per heavy atom. The smallest absolute Gasteiger partial charge is 0.307 e. The number of anilines is 1. The summed E-state index contributed by atoms with van der Waals surface area (Å²) in [5, 5.41) is 21.5. The number of benzene rings is 1. The van der Waals surface area contributed by atoms with Crippen LogP contribution in [0.2, 0.25) is 5.02 Å². The Hall–Kier alpha value is -2.19. The summed E-state index contributed by atoms with van der Waals surface area (Å²) >= 11 is 7.03. The number of aliphatic carboxylic acids is 1. The van der Waals surface area contributed by atoms with Crippen molar-refractivity contribution in [3.05, 3.63) is 34.3 Å². The molecule has 7 nitrogen and oxygen atoms in total. The third-order valence-electron chi connectivity index (χ3n) is 4.29. The van der Waals surface area contributed by atoms with E-state index >= 15 is 0 Å². The van der Waals surface area contributed by atoms with Gasteiger partial charge in [0.15, 0.2) is 5.01 Å². The molecule has 1 fully saturated rings. The molecule has 1 saturated carbocycles. The van der Waals surface area contributed by atoms with Gasteiger partial charge in [-0.05, 0) is 37.1 Å². The van der Waals surface area contributed by atoms with Gasteiger partial charge >= 0.3 is 5.97 Å². The van der Waals surface area contributed by atoms with E-state index < -0.39 is 17.8 Å². The molecule has 3 rings (SSSR count). The second-order valence-corrected chi connectivity index (χ2v) is 7.57. The Kier molecular flexibility index (Phi) is 6.05. The number of halogens is 1. The van der Waals surface area contributed by atoms with Crippen LogP contribution >= 0.6 is 22.9 Å². The fourth-order valence-corrected chi connectivity index (χ4v) is 3.76. The van der Waals surface area contributed by atoms with Gasteiger partial charge in [0.25, 0.3) is 0 Å². The highest BCUT2D eigenvalue weighted by molar-refractivity contribution is 7.15. The van der Waals surface area contributed by atoms with Crippen molar-refractivity contribution in [1.29, 1.82) is 0 Å². The van der Waals surface area contributed by atoms with Gasteiger partial charge in [0.2, 0.25) is 11.0 Å². The summed E-state index contributed by atoms with van der Waals surface area (Å²) < 4.78 is 5.59. The molecule has 2 aromatic rings. The van der Waals surface area contributed by atoms with Crippen LogP contribution in [0.4, 0.5) is 5.13 Å². The summed E-state index contributed by atoms with van der Waals surface area (Å²) in [4.78, 5) is 23.8. The number of carboxylic acids is 1. The Balaban J connectivity index is 1.56. The molecule has 1 aromatic heterocycles. The molecule has 2 atom stereocenters. The van der Waals surface area contributed by atoms with Gasteiger partial charge in [0.1, 0.15) is 12.4 Å². The third kappa shape index (κ3) is 4.70. The van der Waals surface area contributed by atoms with Crippen molar-refractivity contribution in [2.24, 2.45) is 11.8 Å². The highest BCUT2D eigenvalue weighted by atomic mass is 35.5. The van der Waals surface area contributed by atoms with Crippen LogP contribution in [0.5, 0.6) is 5.75 Å². The van der Waals surface area contributed by atoms with Crippen LogP contribution in [0.1, 0.15) is 30.7 Å². The van der Waals surface area contributed by atoms with E-state index in [-0.39, 0.29) is 12.5 Å². The van der Waals surface area contributed by atoms with Gasteiger partial charge in [0, 0.05) is 5.02 Å². The molecule has 138 valence electrons. The maximum atomic E-state index is 12.4. The second-order valence-electron chi connectivity index (χ2n) is 6.07. The van der Waals surface area contributed by atoms with Crippen molar-refractivity contribution in [1.82, 2.24) is 10.2 Å². The van der Waals surface area contributed by atoms with Crippen molar-refractivity contribution in [2.75, 3.05) is 5.32 Å². The number of carbonyl (C=O) groups excluding carboxylic acids is 1. The van der Waals surface area contributed by atoms with E-state index in [0.29, 0.717) is 33.8 Å². The van der Waals surface area contributed by atoms with E-state index in [9.17, 15) is 14.7 Å². The van der Waals surface area contributed by atoms with Gasteiger partial charge in [0.05, 0.1) is 11.8 Å². The zero-order chi connectivity index (χ0) is 18.5. The fourth-order valence-electron chi connectivity index (χ4n) is 2.98. The quantitative estimate of drug-likeness (QED) is 0.774. The van der Waals surface area contributed by atoms with Crippen LogP contribution in [0, 0.1) is 11.8 Å². The SMILES string of the molecule is O=C(O)[C@H]1CCCC[C@@H]1C(=O)Nc1nnc(COc2ccc(Cl)cc2)s1. The molecule has 1 aliphatic rings. The van der Waals surface area contributed by atoms with E-state index in [1.165, 1.54) is 11.3 Å². The number of ether oxygens (including phenoxy) is 1. The van der Waals surface area contributed by atoms with E-state index in [2.05, 4.69) is 15.5 Å². The number of hydrogen-bond acceptors (Lipinski definition) is 6. The number of hydrogen-bond donors (Lipinski definition) is 2. The lowest BCUT2D eigenvalue weighted by Gasteiger charge is -2.26. The predicted octanol–water partition coefficient (Wildman–Crippen LogP) is 3.60. The zero-order valence-corrected chi connectivity index (χ0v) is 15.4. The summed E-state index contributed by atoms with van der Waals surface area (Å²) in [6.45, 7) is 0.219. The number of nitrogens with zero attached hydrogens (tertiary/aromatic N) is 2. The maximum absolute atomic E-state index is 12.4. The molecule has 0 aliphatic heterocycles. The van der Waals surface area contributed by atoms with Crippen molar-refractivity contribution < 1.29 is 19.4 Å². The number of rotatable bonds is 6. The van der Waals surface area contributed by atoms with Gasteiger partial charge in [-0.1, -0.05) is 35.8 Å². The molecule has 1 aromatic carbocycles. The molecular formula is C17H18ClN3O4S. The lowest BCUT2D eigenvalue weighted by Crippen LogP contribution is -2.36. The third-order valence-corrected chi connectivity index (χ3v) is 5.36. The lowest BCUT2D eigenvalue weighted by atomic mass is 9.79. The van der Waals surface area contributed by atoms with Crippen LogP contribution in [0.15, 0.2) is 24.3 Å². The number of carboxylic acid groups (broad SMARTS) is 1. The average molecular weight is 396 g/mol. The predicted molar refractivity (Wildman–Crippen MR) is 97.4 cm³/mol. The van der Waals surface area contributed by atoms with E-state index in [0.717, 1.165) is 12.8 Å². The minimum Gasteiger partial charge on any atom is -0.486 e. The molecule has 26 heavy (non-hydrogen) atoms. The Labute approximate surface area is 159 Å². The van der Waals surface area contributed by atoms with E-state index in [1.54, 1.807) is 24.3 Å². The van der Waals surface area contributed by atoms with E-state index in [4.69, 9.17) is 16.3 Å². The minimum absolute atomic E-state index is 0.219. The first kappa shape index (κ1) is 18.6. The van der Waals surface area contributed by atoms with Gasteiger partial charge in [-0.2, -0.15) is 0 Å². The molecule has 0 saturated heterocycles. The molecule has 1 aliphatic carbocycles. The standard InChI is InChI=1S/C17H18ClN3O4S/c18-10-5-7-11(8-6-10)25-9-14-20-21-17(26-14)19-15(22)12-3-1-2-4-13(12)16(23)24/h5-8,12-13H,1-4,9H2,(H,23,24)(H,19,21,22)/t12-,13-/m0/s1. The molecule has 1 amide bonds. The van der Waals surface area contributed by atoms with Crippen LogP contribution < -0.4 is 10.1 Å². The summed E-state index contributed by atoms with van der Waals surface area (Å²) in [5.41, 5.74) is 0. The molecule has 0 radical (unpaired) electrons. The number of carbonyl (C=O) groups is 2. The topological polar surface area (TPSA) is 101 Å². The summed E-state index contributed by atoms with van der Waals surface area (Å²) in [5.74, 6) is -1.73. The first-order chi connectivity index (χ1) is 12.5. The van der Waals surface area contributed by atoms with Crippen LogP contribution in [-0.4, -0.2) is 27.2 Å². The minimum atomic E-state index is -0.917. The monoisotopic (exact) mass is 395 g/mol. The Morgan fingerprint density at radius 1 is 1.19 bits per heavy atom. The molecule has 0 spiro atoms. The zero-order valence-electron chi connectivity index (χ0n) is 13.9. The number of aromatic nitrogens is 2. The molecular weight excluding hydrogens is 378 g/mol. The molecule has 1 heterocycles. The molecule has 9 heteroatoms. The summed E-state index contributed by atoms with van der Waals surface area (Å²) in [6.07, 6.45) is 2.81. The average Bonchev–Trinajstić information content (AvgIpc) is 3.08. The van der Waals surface area contributed by atoms with Crippen LogP contribution in [-0.2, 0) is 16.2 Å². The number of nitrogens with one attached hydrogen (secondary N) is 1. The van der Waals surface area contributed by atoms with Gasteiger partial charge in [-0.15, -0.1) is 10.2 Å². The highest BCUT2D eigenvalue weighted by Crippen LogP contribution is 2.31. The van der Waals surface area contributed by atoms with Crippen molar-refractivity contribution >= 4 is 39.9 Å². The summed E-state index contributed by atoms with van der Waals surface area (Å²) in [7, 11) is 0. The molecule has 2 N–H and O–H groups in total. The largest absolute Gasteiger partial charge is 0.486 e. The second kappa shape index (κ2) is 8.46. The first-order valence-electron chi connectivity index (χ1n) is 8.27. The normalized spacial score (nSPS) is 19.7. The van der Waals surface area contributed by atoms with Crippen molar-refractivity contribution in [3.63, 3.8) is 0 Å². The van der Waals surface area contributed by atoms with Crippen molar-refractivity contribution in [2.45, 2.75) is 32.3 Å². The van der Waals surface area contributed by atoms with Gasteiger partial charge in [-0.25, -0.2) is 0 Å². The Morgan fingerprint density at radius 3 is 2.58 bits per heavy atom. The fraction of sp³-hybridized carbons (Fsp3) is 0.412. The molecule has 0 unspecified atom stereocenters. The van der Waals surface area contributed by atoms with Crippen molar-refractivity contribution in [3.8, 4) is 5.75 Å². The van der Waals surface area contributed by atoms with E-state index in [1.807, 2.05) is 0 Å². The maximum Gasteiger partial charge on any atom is 0.307 e. The molecule has 0 bridgehead atoms. The van der Waals surface area contributed by atoms with Crippen LogP contribution in [0.25, 0.3) is 0 Å². The Bertz CT molecular complexity index is 781. The summed E-state index contributed by atoms with van der Waals surface area (Å²) in [6, 6.07) is 6.96. The van der Waals surface area contributed by atoms with Gasteiger partial charge < -0.3 is 15.2 Å².